The summed E-state index contributed by atoms with van der Waals surface area (Å²) in [6.07, 6.45) is 3.38. The Balaban J connectivity index is 1.75. The Hall–Kier alpha value is -1.32. The average molecular weight is 301 g/mol. The summed E-state index contributed by atoms with van der Waals surface area (Å²) in [6.45, 7) is 6.12. The van der Waals surface area contributed by atoms with Gasteiger partial charge < -0.3 is 10.1 Å². The molecule has 1 aromatic carbocycles. The normalized spacial score (nSPS) is 17.9. The molecule has 2 aromatic rings. The van der Waals surface area contributed by atoms with Gasteiger partial charge >= 0.3 is 0 Å². The van der Waals surface area contributed by atoms with Crippen LogP contribution in [0.5, 0.6) is 5.75 Å². The van der Waals surface area contributed by atoms with Gasteiger partial charge in [-0.1, -0.05) is 25.1 Å². The van der Waals surface area contributed by atoms with Crippen molar-refractivity contribution < 1.29 is 4.74 Å². The minimum atomic E-state index is 0.398. The molecule has 3 heteroatoms. The largest absolute Gasteiger partial charge is 0.493 e. The summed E-state index contributed by atoms with van der Waals surface area (Å²) in [5, 5.41) is 3.73. The lowest BCUT2D eigenvalue weighted by molar-refractivity contribution is 0.313. The van der Waals surface area contributed by atoms with Crippen molar-refractivity contribution in [1.29, 1.82) is 0 Å². The average Bonchev–Trinajstić information content (AvgIpc) is 2.86. The van der Waals surface area contributed by atoms with Gasteiger partial charge in [0, 0.05) is 27.9 Å². The molecule has 1 unspecified atom stereocenters. The van der Waals surface area contributed by atoms with E-state index in [1.54, 1.807) is 0 Å². The summed E-state index contributed by atoms with van der Waals surface area (Å²) in [5.41, 5.74) is 2.56. The van der Waals surface area contributed by atoms with Gasteiger partial charge in [0.2, 0.25) is 0 Å². The van der Waals surface area contributed by atoms with Crippen molar-refractivity contribution >= 4 is 11.3 Å². The van der Waals surface area contributed by atoms with Crippen LogP contribution in [0, 0.1) is 6.92 Å². The van der Waals surface area contributed by atoms with E-state index < -0.39 is 0 Å². The van der Waals surface area contributed by atoms with E-state index >= 15 is 0 Å². The van der Waals surface area contributed by atoms with Crippen LogP contribution in [0.4, 0.5) is 0 Å². The maximum atomic E-state index is 5.95. The first-order chi connectivity index (χ1) is 10.3. The number of benzene rings is 1. The van der Waals surface area contributed by atoms with Gasteiger partial charge in [0.15, 0.2) is 0 Å². The van der Waals surface area contributed by atoms with E-state index in [0.29, 0.717) is 6.04 Å². The fraction of sp³-hybridized carbons (Fsp3) is 0.444. The zero-order chi connectivity index (χ0) is 14.7. The molecule has 0 fully saturated rings. The van der Waals surface area contributed by atoms with Crippen LogP contribution in [0.25, 0.3) is 0 Å². The monoisotopic (exact) mass is 301 g/mol. The molecule has 0 aliphatic carbocycles. The molecule has 2 nitrogen and oxygen atoms in total. The first-order valence-electron chi connectivity index (χ1n) is 7.81. The highest BCUT2D eigenvalue weighted by Crippen LogP contribution is 2.34. The summed E-state index contributed by atoms with van der Waals surface area (Å²) in [6, 6.07) is 11.4. The highest BCUT2D eigenvalue weighted by molar-refractivity contribution is 7.11. The summed E-state index contributed by atoms with van der Waals surface area (Å²) >= 11 is 1.92. The molecule has 1 N–H and O–H groups in total. The molecular formula is C18H23NOS. The van der Waals surface area contributed by atoms with Crippen molar-refractivity contribution in [3.63, 3.8) is 0 Å². The quantitative estimate of drug-likeness (QED) is 0.889. The molecule has 0 spiro atoms. The maximum absolute atomic E-state index is 5.95. The Labute approximate surface area is 131 Å². The second-order valence-electron chi connectivity index (χ2n) is 5.64. The van der Waals surface area contributed by atoms with Gasteiger partial charge in [0.1, 0.15) is 5.75 Å². The van der Waals surface area contributed by atoms with Crippen LogP contribution in [-0.4, -0.2) is 6.61 Å². The van der Waals surface area contributed by atoms with Gasteiger partial charge in [-0.05, 0) is 43.9 Å². The van der Waals surface area contributed by atoms with E-state index in [2.05, 4.69) is 49.5 Å². The molecule has 0 amide bonds. The Bertz CT molecular complexity index is 605. The third kappa shape index (κ3) is 3.30. The Morgan fingerprint density at radius 2 is 2.10 bits per heavy atom. The lowest BCUT2D eigenvalue weighted by Gasteiger charge is -2.19. The van der Waals surface area contributed by atoms with Crippen LogP contribution < -0.4 is 10.1 Å². The third-order valence-electron chi connectivity index (χ3n) is 4.09. The molecule has 0 saturated carbocycles. The van der Waals surface area contributed by atoms with Crippen molar-refractivity contribution in [2.45, 2.75) is 45.7 Å². The van der Waals surface area contributed by atoms with Gasteiger partial charge in [-0.2, -0.15) is 0 Å². The van der Waals surface area contributed by atoms with Gasteiger partial charge in [-0.15, -0.1) is 11.3 Å². The van der Waals surface area contributed by atoms with Crippen LogP contribution in [0.3, 0.4) is 0 Å². The molecule has 1 atom stereocenters. The number of hydrogen-bond acceptors (Lipinski definition) is 3. The Kier molecular flexibility index (Phi) is 4.61. The van der Waals surface area contributed by atoms with E-state index in [-0.39, 0.29) is 0 Å². The molecule has 21 heavy (non-hydrogen) atoms. The van der Waals surface area contributed by atoms with Crippen LogP contribution >= 0.6 is 11.3 Å². The van der Waals surface area contributed by atoms with Gasteiger partial charge in [0.05, 0.1) is 6.61 Å². The molecule has 3 rings (SSSR count). The number of rotatable bonds is 4. The molecule has 0 saturated heterocycles. The lowest BCUT2D eigenvalue weighted by atomic mass is 10.00. The van der Waals surface area contributed by atoms with E-state index in [9.17, 15) is 0 Å². The van der Waals surface area contributed by atoms with Crippen LogP contribution in [0.15, 0.2) is 30.3 Å². The number of aryl methyl sites for hydroxylation is 2. The lowest BCUT2D eigenvalue weighted by Crippen LogP contribution is -2.20. The SMILES string of the molecule is CCc1ccc(CNC2CCCOc3c(C)cccc32)s1. The smallest absolute Gasteiger partial charge is 0.126 e. The third-order valence-corrected chi connectivity index (χ3v) is 5.32. The van der Waals surface area contributed by atoms with Crippen LogP contribution in [0.1, 0.15) is 46.7 Å². The second-order valence-corrected chi connectivity index (χ2v) is 6.89. The van der Waals surface area contributed by atoms with Crippen molar-refractivity contribution in [1.82, 2.24) is 5.32 Å². The fourth-order valence-corrected chi connectivity index (χ4v) is 3.82. The predicted octanol–water partition coefficient (Wildman–Crippen LogP) is 4.62. The zero-order valence-corrected chi connectivity index (χ0v) is 13.6. The minimum Gasteiger partial charge on any atom is -0.493 e. The first kappa shape index (κ1) is 14.6. The number of para-hydroxylation sites is 1. The van der Waals surface area contributed by atoms with Crippen LogP contribution in [-0.2, 0) is 13.0 Å². The summed E-state index contributed by atoms with van der Waals surface area (Å²) in [7, 11) is 0. The standard InChI is InChI=1S/C18H23NOS/c1-3-14-9-10-15(21-14)12-19-17-8-5-11-20-18-13(2)6-4-7-16(17)18/h4,6-7,9-10,17,19H,3,5,8,11-12H2,1-2H3. The van der Waals surface area contributed by atoms with Crippen molar-refractivity contribution in [3.05, 3.63) is 51.2 Å². The summed E-state index contributed by atoms with van der Waals surface area (Å²) in [5.74, 6) is 1.09. The maximum Gasteiger partial charge on any atom is 0.126 e. The predicted molar refractivity (Wildman–Crippen MR) is 89.2 cm³/mol. The second kappa shape index (κ2) is 6.63. The van der Waals surface area contributed by atoms with Gasteiger partial charge in [0.25, 0.3) is 0 Å². The van der Waals surface area contributed by atoms with Crippen molar-refractivity contribution in [2.75, 3.05) is 6.61 Å². The highest BCUT2D eigenvalue weighted by Gasteiger charge is 2.20. The molecule has 2 heterocycles. The Morgan fingerprint density at radius 1 is 1.24 bits per heavy atom. The Morgan fingerprint density at radius 3 is 2.90 bits per heavy atom. The molecule has 0 radical (unpaired) electrons. The van der Waals surface area contributed by atoms with Crippen molar-refractivity contribution in [2.24, 2.45) is 0 Å². The van der Waals surface area contributed by atoms with E-state index in [4.69, 9.17) is 4.74 Å². The minimum absolute atomic E-state index is 0.398. The van der Waals surface area contributed by atoms with E-state index in [0.717, 1.165) is 38.2 Å². The summed E-state index contributed by atoms with van der Waals surface area (Å²) < 4.78 is 5.95. The number of nitrogens with one attached hydrogen (secondary N) is 1. The molecule has 1 aliphatic rings. The molecule has 0 bridgehead atoms. The van der Waals surface area contributed by atoms with Crippen LogP contribution in [0.2, 0.25) is 0 Å². The summed E-state index contributed by atoms with van der Waals surface area (Å²) in [4.78, 5) is 2.89. The number of hydrogen-bond donors (Lipinski definition) is 1. The van der Waals surface area contributed by atoms with Gasteiger partial charge in [-0.25, -0.2) is 0 Å². The molecule has 112 valence electrons. The van der Waals surface area contributed by atoms with E-state index in [1.165, 1.54) is 20.9 Å². The zero-order valence-electron chi connectivity index (χ0n) is 12.8. The molecule has 1 aromatic heterocycles. The highest BCUT2D eigenvalue weighted by atomic mass is 32.1. The fourth-order valence-electron chi connectivity index (χ4n) is 2.91. The first-order valence-corrected chi connectivity index (χ1v) is 8.63. The number of ether oxygens (including phenoxy) is 1. The number of thiophene rings is 1. The topological polar surface area (TPSA) is 21.3 Å². The van der Waals surface area contributed by atoms with E-state index in [1.807, 2.05) is 11.3 Å². The molecular weight excluding hydrogens is 278 g/mol. The number of fused-ring (bicyclic) bond motifs is 1. The van der Waals surface area contributed by atoms with Gasteiger partial charge in [-0.3, -0.25) is 0 Å². The van der Waals surface area contributed by atoms with Crippen molar-refractivity contribution in [3.8, 4) is 5.75 Å². The molecule has 1 aliphatic heterocycles.